The van der Waals surface area contributed by atoms with Crippen LogP contribution in [0.15, 0.2) is 42.5 Å². The maximum Gasteiger partial charge on any atom is 0.408 e. The van der Waals surface area contributed by atoms with Crippen LogP contribution in [0.3, 0.4) is 0 Å². The van der Waals surface area contributed by atoms with Gasteiger partial charge in [-0.05, 0) is 80.5 Å². The van der Waals surface area contributed by atoms with Crippen LogP contribution in [0.25, 0.3) is 11.1 Å². The summed E-state index contributed by atoms with van der Waals surface area (Å²) in [6.07, 6.45) is 1.45. The molecule has 0 bridgehead atoms. The van der Waals surface area contributed by atoms with E-state index in [9.17, 15) is 9.59 Å². The van der Waals surface area contributed by atoms with Gasteiger partial charge in [-0.1, -0.05) is 30.3 Å². The average molecular weight is 476 g/mol. The van der Waals surface area contributed by atoms with Gasteiger partial charge in [0.1, 0.15) is 5.60 Å². The summed E-state index contributed by atoms with van der Waals surface area (Å²) in [5.74, 6) is -0.0541. The molecule has 2 atom stereocenters. The zero-order valence-corrected chi connectivity index (χ0v) is 20.6. The summed E-state index contributed by atoms with van der Waals surface area (Å²) in [4.78, 5) is 26.5. The molecule has 3 aliphatic heterocycles. The molecule has 7 nitrogen and oxygen atoms in total. The number of ether oxygens (including phenoxy) is 2. The van der Waals surface area contributed by atoms with Crippen molar-refractivity contribution in [2.24, 2.45) is 5.92 Å². The summed E-state index contributed by atoms with van der Waals surface area (Å²) in [5, 5.41) is 9.66. The number of fused-ring (bicyclic) bond motifs is 2. The number of benzene rings is 2. The van der Waals surface area contributed by atoms with Crippen molar-refractivity contribution in [3.05, 3.63) is 64.7 Å². The molecule has 0 aliphatic carbocycles. The van der Waals surface area contributed by atoms with E-state index < -0.39 is 17.7 Å². The van der Waals surface area contributed by atoms with E-state index in [4.69, 9.17) is 9.47 Å². The molecule has 0 aromatic heterocycles. The Hall–Kier alpha value is -3.16. The van der Waals surface area contributed by atoms with Gasteiger partial charge in [0.25, 0.3) is 5.91 Å². The number of rotatable bonds is 4. The number of piperidine rings is 1. The summed E-state index contributed by atoms with van der Waals surface area (Å²) in [6, 6.07) is 13.5. The molecule has 7 heteroatoms. The van der Waals surface area contributed by atoms with E-state index in [2.05, 4.69) is 28.1 Å². The lowest BCUT2D eigenvalue weighted by atomic mass is 9.80. The molecule has 2 aromatic rings. The van der Waals surface area contributed by atoms with Crippen LogP contribution in [0, 0.1) is 5.92 Å². The van der Waals surface area contributed by atoms with Gasteiger partial charge < -0.3 is 25.4 Å². The lowest BCUT2D eigenvalue weighted by Gasteiger charge is -2.34. The van der Waals surface area contributed by atoms with Crippen LogP contribution in [0.1, 0.15) is 55.9 Å². The summed E-state index contributed by atoms with van der Waals surface area (Å²) in [5.41, 5.74) is 5.62. The van der Waals surface area contributed by atoms with Crippen molar-refractivity contribution in [2.45, 2.75) is 58.5 Å². The molecule has 0 saturated carbocycles. The number of hydrogen-bond donors (Lipinski definition) is 3. The van der Waals surface area contributed by atoms with Crippen LogP contribution >= 0.6 is 0 Å². The normalized spacial score (nSPS) is 21.6. The van der Waals surface area contributed by atoms with Crippen molar-refractivity contribution in [1.82, 2.24) is 10.6 Å². The van der Waals surface area contributed by atoms with E-state index in [0.29, 0.717) is 18.8 Å². The van der Waals surface area contributed by atoms with Gasteiger partial charge in [0, 0.05) is 17.8 Å². The summed E-state index contributed by atoms with van der Waals surface area (Å²) >= 11 is 0. The van der Waals surface area contributed by atoms with E-state index in [-0.39, 0.29) is 11.8 Å². The van der Waals surface area contributed by atoms with Gasteiger partial charge in [-0.25, -0.2) is 4.79 Å². The van der Waals surface area contributed by atoms with Crippen molar-refractivity contribution in [3.8, 4) is 0 Å². The minimum atomic E-state index is -0.630. The van der Waals surface area contributed by atoms with Crippen LogP contribution in [0.4, 0.5) is 10.5 Å². The fraction of sp³-hybridized carbons (Fsp3) is 0.429. The number of carbonyl (C=O) groups excluding carboxylic acids is 2. The van der Waals surface area contributed by atoms with Gasteiger partial charge in [-0.15, -0.1) is 0 Å². The predicted molar refractivity (Wildman–Crippen MR) is 136 cm³/mol. The number of para-hydroxylation sites is 1. The molecular weight excluding hydrogens is 442 g/mol. The molecule has 3 heterocycles. The number of carbonyl (C=O) groups is 2. The topological polar surface area (TPSA) is 88.7 Å². The molecule has 2 unspecified atom stereocenters. The third-order valence-electron chi connectivity index (χ3n) is 6.76. The quantitative estimate of drug-likeness (QED) is 0.568. The van der Waals surface area contributed by atoms with Crippen molar-refractivity contribution >= 4 is 28.8 Å². The Bertz CT molecular complexity index is 1170. The Morgan fingerprint density at radius 2 is 1.94 bits per heavy atom. The molecule has 0 spiro atoms. The maximum absolute atomic E-state index is 13.4. The highest BCUT2D eigenvalue weighted by molar-refractivity contribution is 6.37. The molecule has 184 valence electrons. The fourth-order valence-electron chi connectivity index (χ4n) is 5.23. The first-order valence-electron chi connectivity index (χ1n) is 12.4. The summed E-state index contributed by atoms with van der Waals surface area (Å²) < 4.78 is 11.3. The third kappa shape index (κ3) is 4.97. The molecule has 5 rings (SSSR count). The van der Waals surface area contributed by atoms with Crippen LogP contribution in [0.2, 0.25) is 0 Å². The molecule has 2 aromatic carbocycles. The first-order chi connectivity index (χ1) is 16.8. The van der Waals surface area contributed by atoms with Gasteiger partial charge in [-0.2, -0.15) is 0 Å². The monoisotopic (exact) mass is 475 g/mol. The van der Waals surface area contributed by atoms with Crippen LogP contribution in [-0.2, 0) is 27.5 Å². The smallest absolute Gasteiger partial charge is 0.408 e. The van der Waals surface area contributed by atoms with E-state index in [0.717, 1.165) is 59.4 Å². The highest BCUT2D eigenvalue weighted by atomic mass is 16.6. The third-order valence-corrected chi connectivity index (χ3v) is 6.76. The maximum atomic E-state index is 13.4. The van der Waals surface area contributed by atoms with E-state index >= 15 is 0 Å². The minimum Gasteiger partial charge on any atom is -0.444 e. The summed E-state index contributed by atoms with van der Waals surface area (Å²) in [7, 11) is 0. The Morgan fingerprint density at radius 1 is 1.14 bits per heavy atom. The number of nitrogens with one attached hydrogen (secondary N) is 3. The number of anilines is 1. The van der Waals surface area contributed by atoms with Crippen molar-refractivity contribution in [1.29, 1.82) is 0 Å². The zero-order valence-electron chi connectivity index (χ0n) is 20.6. The van der Waals surface area contributed by atoms with Gasteiger partial charge in [0.15, 0.2) is 0 Å². The van der Waals surface area contributed by atoms with Crippen molar-refractivity contribution in [3.63, 3.8) is 0 Å². The van der Waals surface area contributed by atoms with Crippen molar-refractivity contribution < 1.29 is 19.1 Å². The fourth-order valence-corrected chi connectivity index (χ4v) is 5.23. The lowest BCUT2D eigenvalue weighted by molar-refractivity contribution is -0.110. The second kappa shape index (κ2) is 9.47. The van der Waals surface area contributed by atoms with Crippen LogP contribution in [-0.4, -0.2) is 36.7 Å². The zero-order chi connectivity index (χ0) is 24.6. The number of hydrogen-bond acceptors (Lipinski definition) is 5. The first kappa shape index (κ1) is 23.6. The molecule has 2 amide bonds. The van der Waals surface area contributed by atoms with Crippen molar-refractivity contribution in [2.75, 3.05) is 18.4 Å². The highest BCUT2D eigenvalue weighted by Gasteiger charge is 2.37. The second-order valence-electron chi connectivity index (χ2n) is 10.5. The summed E-state index contributed by atoms with van der Waals surface area (Å²) in [6.45, 7) is 8.38. The second-order valence-corrected chi connectivity index (χ2v) is 10.5. The predicted octanol–water partition coefficient (Wildman–Crippen LogP) is 4.47. The van der Waals surface area contributed by atoms with Gasteiger partial charge in [0.2, 0.25) is 0 Å². The Kier molecular flexibility index (Phi) is 6.38. The largest absolute Gasteiger partial charge is 0.444 e. The molecule has 0 radical (unpaired) electrons. The van der Waals surface area contributed by atoms with E-state index in [1.165, 1.54) is 0 Å². The van der Waals surface area contributed by atoms with E-state index in [1.807, 2.05) is 51.1 Å². The first-order valence-corrected chi connectivity index (χ1v) is 12.4. The van der Waals surface area contributed by atoms with Gasteiger partial charge in [-0.3, -0.25) is 4.79 Å². The van der Waals surface area contributed by atoms with Crippen LogP contribution in [0.5, 0.6) is 0 Å². The van der Waals surface area contributed by atoms with Gasteiger partial charge >= 0.3 is 6.09 Å². The molecule has 1 saturated heterocycles. The SMILES string of the molecule is CC(C)(C)OC(=O)NC(C(=C1C(=O)Nc2ccccc21)c1ccc2c(c1)COC2)C1CCCNC1. The average Bonchev–Trinajstić information content (AvgIpc) is 3.42. The Balaban J connectivity index is 1.68. The van der Waals surface area contributed by atoms with Gasteiger partial charge in [0.05, 0.1) is 24.8 Å². The minimum absolute atomic E-state index is 0.101. The number of alkyl carbamates (subject to hydrolysis) is 1. The molecule has 3 aliphatic rings. The lowest BCUT2D eigenvalue weighted by Crippen LogP contribution is -2.48. The molecular formula is C28H33N3O4. The Morgan fingerprint density at radius 3 is 2.71 bits per heavy atom. The number of amides is 2. The molecule has 35 heavy (non-hydrogen) atoms. The van der Waals surface area contributed by atoms with Crippen LogP contribution < -0.4 is 16.0 Å². The Labute approximate surface area is 206 Å². The standard InChI is InChI=1S/C28H33N3O4/c1-28(2,3)35-27(33)31-25(18-7-6-12-29-14-18)23(17-10-11-19-15-34-16-20(19)13-17)24-21-8-4-5-9-22(21)30-26(24)32/h4-5,8-11,13,18,25,29H,6-7,12,14-16H2,1-3H3,(H,30,32)(H,31,33). The van der Waals surface area contributed by atoms with E-state index in [1.54, 1.807) is 0 Å². The molecule has 3 N–H and O–H groups in total. The molecule has 1 fully saturated rings. The highest BCUT2D eigenvalue weighted by Crippen LogP contribution is 2.41.